The Morgan fingerprint density at radius 3 is 2.41 bits per heavy atom. The number of rotatable bonds is 12. The quantitative estimate of drug-likeness (QED) is 0.428. The third kappa shape index (κ3) is 9.29. The van der Waals surface area contributed by atoms with Crippen LogP contribution in [0.15, 0.2) is 30.3 Å². The molecular weight excluding hydrogens is 364 g/mol. The van der Waals surface area contributed by atoms with E-state index < -0.39 is 11.5 Å². The zero-order chi connectivity index (χ0) is 20.3. The third-order valence-electron chi connectivity index (χ3n) is 4.47. The van der Waals surface area contributed by atoms with Crippen LogP contribution in [0.4, 0.5) is 0 Å². The molecule has 0 saturated heterocycles. The van der Waals surface area contributed by atoms with Crippen LogP contribution in [0, 0.1) is 5.41 Å². The minimum Gasteiger partial charge on any atom is -0.463 e. The fourth-order valence-corrected chi connectivity index (χ4v) is 3.14. The summed E-state index contributed by atoms with van der Waals surface area (Å²) in [7, 11) is 0. The molecule has 5 nitrogen and oxygen atoms in total. The van der Waals surface area contributed by atoms with Gasteiger partial charge in [0.2, 0.25) is 0 Å². The first kappa shape index (κ1) is 23.5. The highest BCUT2D eigenvalue weighted by molar-refractivity contribution is 7.99. The lowest BCUT2D eigenvalue weighted by molar-refractivity contribution is -0.159. The highest BCUT2D eigenvalue weighted by atomic mass is 32.2. The molecule has 0 aliphatic heterocycles. The maximum Gasteiger partial charge on any atom is 0.311 e. The second-order valence-corrected chi connectivity index (χ2v) is 8.46. The molecule has 0 fully saturated rings. The molecule has 1 N–H and O–H groups in total. The number of carbonyl (C=O) groups excluding carboxylic acids is 2. The number of hydrogen-bond acceptors (Lipinski definition) is 6. The molecule has 27 heavy (non-hydrogen) atoms. The topological polar surface area (TPSA) is 72.8 Å². The van der Waals surface area contributed by atoms with E-state index in [1.165, 1.54) is 5.56 Å². The Balaban J connectivity index is 2.13. The van der Waals surface area contributed by atoms with Crippen LogP contribution in [0.1, 0.15) is 52.0 Å². The summed E-state index contributed by atoms with van der Waals surface area (Å²) in [5.74, 6) is 1.32. The average Bonchev–Trinajstić information content (AvgIpc) is 2.68. The van der Waals surface area contributed by atoms with Crippen molar-refractivity contribution in [3.63, 3.8) is 0 Å². The molecule has 0 bridgehead atoms. The van der Waals surface area contributed by atoms with E-state index >= 15 is 0 Å². The van der Waals surface area contributed by atoms with Crippen LogP contribution in [0.25, 0.3) is 0 Å². The van der Waals surface area contributed by atoms with E-state index in [4.69, 9.17) is 9.47 Å². The molecule has 0 radical (unpaired) electrons. The lowest BCUT2D eigenvalue weighted by Crippen LogP contribution is -2.31. The van der Waals surface area contributed by atoms with Crippen molar-refractivity contribution in [1.29, 1.82) is 0 Å². The van der Waals surface area contributed by atoms with Gasteiger partial charge >= 0.3 is 11.9 Å². The second kappa shape index (κ2) is 12.0. The van der Waals surface area contributed by atoms with Crippen LogP contribution in [0.2, 0.25) is 0 Å². The van der Waals surface area contributed by atoms with Crippen molar-refractivity contribution in [3.8, 4) is 0 Å². The fraction of sp³-hybridized carbons (Fsp3) is 0.619. The van der Waals surface area contributed by atoms with Crippen LogP contribution in [-0.2, 0) is 19.1 Å². The summed E-state index contributed by atoms with van der Waals surface area (Å²) in [6, 6.07) is 10.3. The molecule has 0 spiro atoms. The van der Waals surface area contributed by atoms with Crippen molar-refractivity contribution in [3.05, 3.63) is 35.9 Å². The summed E-state index contributed by atoms with van der Waals surface area (Å²) >= 11 is 1.71. The van der Waals surface area contributed by atoms with Gasteiger partial charge in [0.15, 0.2) is 0 Å². The number of hydrogen-bond donors (Lipinski definition) is 1. The predicted molar refractivity (Wildman–Crippen MR) is 109 cm³/mol. The molecule has 0 aromatic heterocycles. The van der Waals surface area contributed by atoms with Gasteiger partial charge in [-0.25, -0.2) is 0 Å². The lowest BCUT2D eigenvalue weighted by Gasteiger charge is -2.21. The number of ether oxygens (including phenoxy) is 2. The molecule has 6 heteroatoms. The van der Waals surface area contributed by atoms with Crippen molar-refractivity contribution in [2.45, 2.75) is 52.6 Å². The van der Waals surface area contributed by atoms with Crippen molar-refractivity contribution in [2.75, 3.05) is 24.7 Å². The van der Waals surface area contributed by atoms with E-state index in [0.717, 1.165) is 5.75 Å². The van der Waals surface area contributed by atoms with Crippen LogP contribution >= 0.6 is 11.8 Å². The van der Waals surface area contributed by atoms with Crippen molar-refractivity contribution in [1.82, 2.24) is 0 Å². The summed E-state index contributed by atoms with van der Waals surface area (Å²) in [5.41, 5.74) is 0.710. The number of carbonyl (C=O) groups is 2. The monoisotopic (exact) mass is 396 g/mol. The molecular formula is C21H32O5S. The molecule has 1 rings (SSSR count). The smallest absolute Gasteiger partial charge is 0.311 e. The van der Waals surface area contributed by atoms with Gasteiger partial charge in [-0.2, -0.15) is 11.8 Å². The van der Waals surface area contributed by atoms with Crippen LogP contribution < -0.4 is 0 Å². The van der Waals surface area contributed by atoms with E-state index in [1.54, 1.807) is 25.6 Å². The molecule has 0 aliphatic carbocycles. The number of thioether (sulfide) groups is 1. The molecule has 1 aromatic rings. The zero-order valence-electron chi connectivity index (χ0n) is 16.8. The summed E-state index contributed by atoms with van der Waals surface area (Å²) in [5, 5.41) is 9.80. The Labute approximate surface area is 166 Å². The van der Waals surface area contributed by atoms with Crippen LogP contribution in [0.3, 0.4) is 0 Å². The van der Waals surface area contributed by atoms with E-state index in [9.17, 15) is 14.7 Å². The van der Waals surface area contributed by atoms with E-state index in [0.29, 0.717) is 24.5 Å². The molecule has 2 atom stereocenters. The Kier molecular flexibility index (Phi) is 10.5. The first-order valence-corrected chi connectivity index (χ1v) is 10.5. The van der Waals surface area contributed by atoms with E-state index in [-0.39, 0.29) is 25.2 Å². The predicted octanol–water partition coefficient (Wildman–Crippen LogP) is 3.80. The highest BCUT2D eigenvalue weighted by Gasteiger charge is 2.27. The van der Waals surface area contributed by atoms with Gasteiger partial charge in [0.25, 0.3) is 0 Å². The number of esters is 2. The molecule has 0 amide bonds. The fourth-order valence-electron chi connectivity index (χ4n) is 2.11. The molecule has 0 saturated carbocycles. The zero-order valence-corrected chi connectivity index (χ0v) is 17.6. The van der Waals surface area contributed by atoms with Gasteiger partial charge in [-0.15, -0.1) is 0 Å². The van der Waals surface area contributed by atoms with Gasteiger partial charge in [-0.3, -0.25) is 9.59 Å². The summed E-state index contributed by atoms with van der Waals surface area (Å²) in [6.45, 7) is 7.31. The Bertz CT molecular complexity index is 573. The third-order valence-corrected chi connectivity index (χ3v) is 5.70. The van der Waals surface area contributed by atoms with Crippen molar-refractivity contribution >= 4 is 23.7 Å². The summed E-state index contributed by atoms with van der Waals surface area (Å²) < 4.78 is 10.1. The van der Waals surface area contributed by atoms with Gasteiger partial charge in [0.05, 0.1) is 11.8 Å². The second-order valence-electron chi connectivity index (χ2n) is 7.31. The molecule has 152 valence electrons. The van der Waals surface area contributed by atoms with Gasteiger partial charge in [0.1, 0.15) is 19.3 Å². The SMILES string of the molecule is CCC(C)(C)C(=O)OCC(O)COC(=O)CCSCC(C)c1ccccc1. The first-order chi connectivity index (χ1) is 12.8. The Morgan fingerprint density at radius 2 is 1.78 bits per heavy atom. The van der Waals surface area contributed by atoms with E-state index in [1.807, 2.05) is 25.1 Å². The minimum atomic E-state index is -1.00. The molecule has 0 heterocycles. The number of aliphatic hydroxyl groups excluding tert-OH is 1. The van der Waals surface area contributed by atoms with Gasteiger partial charge in [-0.1, -0.05) is 44.2 Å². The molecule has 0 aliphatic rings. The van der Waals surface area contributed by atoms with Gasteiger partial charge < -0.3 is 14.6 Å². The number of aliphatic hydroxyl groups is 1. The Morgan fingerprint density at radius 1 is 1.15 bits per heavy atom. The van der Waals surface area contributed by atoms with Gasteiger partial charge in [-0.05, 0) is 37.5 Å². The normalized spacial score (nSPS) is 13.7. The molecule has 2 unspecified atom stereocenters. The van der Waals surface area contributed by atoms with Crippen molar-refractivity contribution in [2.24, 2.45) is 5.41 Å². The summed E-state index contributed by atoms with van der Waals surface area (Å²) in [6.07, 6.45) is -0.0599. The first-order valence-electron chi connectivity index (χ1n) is 9.40. The number of benzene rings is 1. The lowest BCUT2D eigenvalue weighted by atomic mass is 9.91. The minimum absolute atomic E-state index is 0.163. The summed E-state index contributed by atoms with van der Waals surface area (Å²) in [4.78, 5) is 23.6. The maximum absolute atomic E-state index is 11.8. The highest BCUT2D eigenvalue weighted by Crippen LogP contribution is 2.22. The van der Waals surface area contributed by atoms with Gasteiger partial charge in [0, 0.05) is 5.75 Å². The Hall–Kier alpha value is -1.53. The van der Waals surface area contributed by atoms with Crippen molar-refractivity contribution < 1.29 is 24.2 Å². The van der Waals surface area contributed by atoms with Crippen LogP contribution in [0.5, 0.6) is 0 Å². The van der Waals surface area contributed by atoms with Crippen LogP contribution in [-0.4, -0.2) is 47.9 Å². The molecule has 1 aromatic carbocycles. The average molecular weight is 397 g/mol. The maximum atomic E-state index is 11.8. The van der Waals surface area contributed by atoms with E-state index in [2.05, 4.69) is 19.1 Å². The largest absolute Gasteiger partial charge is 0.463 e. The standard InChI is InChI=1S/C21H32O5S/c1-5-21(3,4)20(24)26-14-18(22)13-25-19(23)11-12-27-15-16(2)17-9-7-6-8-10-17/h6-10,16,18,22H,5,11-15H2,1-4H3.